The van der Waals surface area contributed by atoms with Crippen LogP contribution in [-0.4, -0.2) is 66.7 Å². The molecule has 0 aliphatic heterocycles. The van der Waals surface area contributed by atoms with Crippen LogP contribution in [0, 0.1) is 5.92 Å². The molecule has 1 aliphatic carbocycles. The smallest absolute Gasteiger partial charge is 0.317 e. The zero-order valence-corrected chi connectivity index (χ0v) is 13.5. The van der Waals surface area contributed by atoms with Crippen molar-refractivity contribution in [1.29, 1.82) is 0 Å². The molecule has 1 saturated carbocycles. The molecule has 0 spiro atoms. The first-order chi connectivity index (χ1) is 9.93. The molecule has 0 saturated heterocycles. The van der Waals surface area contributed by atoms with E-state index in [1.165, 1.54) is 0 Å². The maximum absolute atomic E-state index is 12.3. The second-order valence-corrected chi connectivity index (χ2v) is 6.13. The highest BCUT2D eigenvalue weighted by molar-refractivity contribution is 5.74. The third-order valence-corrected chi connectivity index (χ3v) is 4.00. The second kappa shape index (κ2) is 8.87. The topological polar surface area (TPSA) is 72.9 Å². The number of carbonyl (C=O) groups is 2. The molecular formula is C15H29N3O3. The Morgan fingerprint density at radius 3 is 2.19 bits per heavy atom. The van der Waals surface area contributed by atoms with Crippen molar-refractivity contribution in [3.8, 4) is 0 Å². The van der Waals surface area contributed by atoms with Crippen molar-refractivity contribution in [2.45, 2.75) is 45.1 Å². The highest BCUT2D eigenvalue weighted by Crippen LogP contribution is 2.24. The van der Waals surface area contributed by atoms with Gasteiger partial charge in [0.05, 0.1) is 5.92 Å². The molecule has 0 aromatic heterocycles. The van der Waals surface area contributed by atoms with Crippen molar-refractivity contribution in [2.75, 3.05) is 33.7 Å². The van der Waals surface area contributed by atoms with Gasteiger partial charge in [-0.15, -0.1) is 0 Å². The Morgan fingerprint density at radius 1 is 1.10 bits per heavy atom. The van der Waals surface area contributed by atoms with E-state index in [9.17, 15) is 9.59 Å². The lowest BCUT2D eigenvalue weighted by Crippen LogP contribution is -2.48. The first kappa shape index (κ1) is 17.8. The fourth-order valence-corrected chi connectivity index (χ4v) is 2.66. The zero-order valence-electron chi connectivity index (χ0n) is 13.5. The quantitative estimate of drug-likeness (QED) is 0.749. The molecule has 0 bridgehead atoms. The number of hydrogen-bond acceptors (Lipinski definition) is 3. The van der Waals surface area contributed by atoms with Gasteiger partial charge in [0, 0.05) is 25.7 Å². The average molecular weight is 299 g/mol. The van der Waals surface area contributed by atoms with Crippen molar-refractivity contribution < 1.29 is 14.7 Å². The summed E-state index contributed by atoms with van der Waals surface area (Å²) in [6.45, 7) is 4.38. The first-order valence-electron chi connectivity index (χ1n) is 7.87. The lowest BCUT2D eigenvalue weighted by atomic mass is 9.86. The molecule has 1 aliphatic rings. The third kappa shape index (κ3) is 6.33. The van der Waals surface area contributed by atoms with Crippen LogP contribution in [0.15, 0.2) is 0 Å². The monoisotopic (exact) mass is 299 g/mol. The summed E-state index contributed by atoms with van der Waals surface area (Å²) in [7, 11) is 3.99. The van der Waals surface area contributed by atoms with E-state index in [4.69, 9.17) is 5.11 Å². The number of likely N-dealkylation sites (N-methyl/N-ethyl adjacent to an activating group) is 1. The normalized spacial score (nSPS) is 22.1. The van der Waals surface area contributed by atoms with Crippen molar-refractivity contribution in [1.82, 2.24) is 15.1 Å². The van der Waals surface area contributed by atoms with E-state index in [2.05, 4.69) is 17.1 Å². The molecule has 1 rings (SSSR count). The number of amides is 2. The number of rotatable bonds is 7. The van der Waals surface area contributed by atoms with Gasteiger partial charge in [-0.05, 0) is 46.2 Å². The van der Waals surface area contributed by atoms with Crippen LogP contribution in [0.5, 0.6) is 0 Å². The van der Waals surface area contributed by atoms with E-state index in [1.54, 1.807) is 0 Å². The first-order valence-corrected chi connectivity index (χ1v) is 7.87. The van der Waals surface area contributed by atoms with Gasteiger partial charge in [0.1, 0.15) is 0 Å². The summed E-state index contributed by atoms with van der Waals surface area (Å²) >= 11 is 0. The second-order valence-electron chi connectivity index (χ2n) is 6.13. The van der Waals surface area contributed by atoms with E-state index in [0.29, 0.717) is 12.8 Å². The molecule has 0 aromatic carbocycles. The zero-order chi connectivity index (χ0) is 15.8. The lowest BCUT2D eigenvalue weighted by Gasteiger charge is -2.30. The van der Waals surface area contributed by atoms with Crippen LogP contribution in [0.3, 0.4) is 0 Å². The fraction of sp³-hybridized carbons (Fsp3) is 0.867. The Kier molecular flexibility index (Phi) is 7.50. The minimum Gasteiger partial charge on any atom is -0.481 e. The van der Waals surface area contributed by atoms with Crippen molar-refractivity contribution >= 4 is 12.0 Å². The number of nitrogens with one attached hydrogen (secondary N) is 1. The number of carbonyl (C=O) groups excluding carboxylic acids is 1. The molecule has 0 atom stereocenters. The Hall–Kier alpha value is -1.30. The van der Waals surface area contributed by atoms with Gasteiger partial charge in [0.25, 0.3) is 0 Å². The van der Waals surface area contributed by atoms with Gasteiger partial charge in [-0.2, -0.15) is 0 Å². The molecule has 0 aromatic rings. The highest BCUT2D eigenvalue weighted by Gasteiger charge is 2.27. The minimum absolute atomic E-state index is 0.0162. The van der Waals surface area contributed by atoms with E-state index in [0.717, 1.165) is 38.9 Å². The van der Waals surface area contributed by atoms with Gasteiger partial charge in [-0.3, -0.25) is 4.79 Å². The molecule has 0 unspecified atom stereocenters. The molecule has 2 amide bonds. The van der Waals surface area contributed by atoms with Gasteiger partial charge in [-0.25, -0.2) is 4.79 Å². The van der Waals surface area contributed by atoms with Crippen LogP contribution in [0.1, 0.15) is 39.0 Å². The molecule has 6 heteroatoms. The standard InChI is InChI=1S/C15H29N3O3/c1-4-9-18(11-10-17(2)3)15(21)16-13-7-5-12(6-8-13)14(19)20/h12-13H,4-11H2,1-3H3,(H,16,21)(H,19,20). The molecule has 1 fully saturated rings. The Bertz CT molecular complexity index is 339. The Balaban J connectivity index is 2.40. The largest absolute Gasteiger partial charge is 0.481 e. The van der Waals surface area contributed by atoms with Crippen LogP contribution in [-0.2, 0) is 4.79 Å². The van der Waals surface area contributed by atoms with Crippen LogP contribution in [0.2, 0.25) is 0 Å². The Morgan fingerprint density at radius 2 is 1.71 bits per heavy atom. The summed E-state index contributed by atoms with van der Waals surface area (Å²) in [5.74, 6) is -0.947. The summed E-state index contributed by atoms with van der Waals surface area (Å²) in [6, 6.07) is 0.101. The third-order valence-electron chi connectivity index (χ3n) is 4.00. The molecule has 6 nitrogen and oxygen atoms in total. The number of aliphatic carboxylic acids is 1. The fourth-order valence-electron chi connectivity index (χ4n) is 2.66. The van der Waals surface area contributed by atoms with Crippen molar-refractivity contribution in [3.05, 3.63) is 0 Å². The van der Waals surface area contributed by atoms with Crippen LogP contribution >= 0.6 is 0 Å². The number of carboxylic acid groups (broad SMARTS) is 1. The lowest BCUT2D eigenvalue weighted by molar-refractivity contribution is -0.142. The number of hydrogen-bond donors (Lipinski definition) is 2. The highest BCUT2D eigenvalue weighted by atomic mass is 16.4. The molecule has 122 valence electrons. The average Bonchev–Trinajstić information content (AvgIpc) is 2.43. The summed E-state index contributed by atoms with van der Waals surface area (Å²) < 4.78 is 0. The summed E-state index contributed by atoms with van der Waals surface area (Å²) in [5.41, 5.74) is 0. The minimum atomic E-state index is -0.710. The summed E-state index contributed by atoms with van der Waals surface area (Å²) in [5, 5.41) is 12.0. The summed E-state index contributed by atoms with van der Waals surface area (Å²) in [4.78, 5) is 27.1. The number of nitrogens with zero attached hydrogens (tertiary/aromatic N) is 2. The van der Waals surface area contributed by atoms with Gasteiger partial charge in [-0.1, -0.05) is 6.92 Å². The van der Waals surface area contributed by atoms with E-state index < -0.39 is 5.97 Å². The maximum Gasteiger partial charge on any atom is 0.317 e. The Labute approximate surface area is 127 Å². The predicted octanol–water partition coefficient (Wildman–Crippen LogP) is 1.61. The van der Waals surface area contributed by atoms with Crippen molar-refractivity contribution in [2.24, 2.45) is 5.92 Å². The molecule has 0 radical (unpaired) electrons. The van der Waals surface area contributed by atoms with Crippen LogP contribution in [0.4, 0.5) is 4.79 Å². The molecular weight excluding hydrogens is 270 g/mol. The van der Waals surface area contributed by atoms with Gasteiger partial charge in [0.15, 0.2) is 0 Å². The van der Waals surface area contributed by atoms with Crippen LogP contribution < -0.4 is 5.32 Å². The molecule has 21 heavy (non-hydrogen) atoms. The van der Waals surface area contributed by atoms with E-state index in [1.807, 2.05) is 19.0 Å². The van der Waals surface area contributed by atoms with Crippen molar-refractivity contribution in [3.63, 3.8) is 0 Å². The maximum atomic E-state index is 12.3. The van der Waals surface area contributed by atoms with Gasteiger partial charge >= 0.3 is 12.0 Å². The van der Waals surface area contributed by atoms with Crippen LogP contribution in [0.25, 0.3) is 0 Å². The molecule has 0 heterocycles. The predicted molar refractivity (Wildman–Crippen MR) is 82.3 cm³/mol. The summed E-state index contributed by atoms with van der Waals surface area (Å²) in [6.07, 6.45) is 3.77. The number of urea groups is 1. The number of carboxylic acids is 1. The van der Waals surface area contributed by atoms with Gasteiger partial charge < -0.3 is 20.2 Å². The molecule has 2 N–H and O–H groups in total. The van der Waals surface area contributed by atoms with E-state index >= 15 is 0 Å². The SMILES string of the molecule is CCCN(CCN(C)C)C(=O)NC1CCC(C(=O)O)CC1. The van der Waals surface area contributed by atoms with Gasteiger partial charge in [0.2, 0.25) is 0 Å². The van der Waals surface area contributed by atoms with E-state index in [-0.39, 0.29) is 18.0 Å².